The van der Waals surface area contributed by atoms with Gasteiger partial charge < -0.3 is 10.2 Å². The van der Waals surface area contributed by atoms with Crippen LogP contribution in [-0.4, -0.2) is 32.0 Å². The normalized spacial score (nSPS) is 14.4. The van der Waals surface area contributed by atoms with Gasteiger partial charge in [0.2, 0.25) is 5.15 Å². The number of nitrogens with zero attached hydrogens (tertiary/aromatic N) is 2. The molecule has 1 aromatic rings. The maximum absolute atomic E-state index is 10.6. The van der Waals surface area contributed by atoms with E-state index in [1.54, 1.807) is 0 Å². The monoisotopic (exact) mass is 278 g/mol. The lowest BCUT2D eigenvalue weighted by molar-refractivity contribution is -0.385. The summed E-state index contributed by atoms with van der Waals surface area (Å²) in [6.45, 7) is 0. The van der Waals surface area contributed by atoms with Gasteiger partial charge in [-0.25, -0.2) is 4.98 Å². The number of aromatic nitrogens is 1. The molecule has 0 radical (unpaired) electrons. The van der Waals surface area contributed by atoms with E-state index >= 15 is 0 Å². The number of nitro groups is 1. The molecule has 2 atom stereocenters. The van der Waals surface area contributed by atoms with Crippen LogP contribution in [0.4, 0.5) is 5.69 Å². The zero-order chi connectivity index (χ0) is 13.0. The van der Waals surface area contributed by atoms with Crippen molar-refractivity contribution >= 4 is 29.9 Å². The zero-order valence-electron chi connectivity index (χ0n) is 8.65. The molecule has 0 saturated carbocycles. The molecular weight excluding hydrogens is 268 g/mol. The van der Waals surface area contributed by atoms with Crippen LogP contribution >= 0.6 is 24.2 Å². The maximum Gasteiger partial charge on any atom is 0.306 e. The first kappa shape index (κ1) is 14.2. The Bertz CT molecular complexity index is 418. The van der Waals surface area contributed by atoms with Crippen LogP contribution in [0.5, 0.6) is 0 Å². The number of rotatable bonds is 5. The minimum absolute atomic E-state index is 0.149. The first-order valence-electron chi connectivity index (χ1n) is 4.74. The Hall–Kier alpha value is -0.890. The molecule has 0 aliphatic rings. The lowest BCUT2D eigenvalue weighted by atomic mass is 10.0. The molecule has 0 spiro atoms. The summed E-state index contributed by atoms with van der Waals surface area (Å²) in [4.78, 5) is 13.5. The van der Waals surface area contributed by atoms with Crippen LogP contribution in [0.25, 0.3) is 0 Å². The highest BCUT2D eigenvalue weighted by Crippen LogP contribution is 2.27. The summed E-state index contributed by atoms with van der Waals surface area (Å²) in [5.41, 5.74) is -0.253. The van der Waals surface area contributed by atoms with Crippen LogP contribution in [0.2, 0.25) is 5.15 Å². The van der Waals surface area contributed by atoms with E-state index in [1.165, 1.54) is 6.20 Å². The zero-order valence-corrected chi connectivity index (χ0v) is 10.3. The third kappa shape index (κ3) is 3.53. The molecular formula is C9H11ClN2O4S. The molecule has 1 aromatic heterocycles. The molecule has 94 valence electrons. The molecule has 1 rings (SSSR count). The van der Waals surface area contributed by atoms with Crippen LogP contribution in [0.3, 0.4) is 0 Å². The Labute approximate surface area is 108 Å². The smallest absolute Gasteiger partial charge is 0.306 e. The van der Waals surface area contributed by atoms with Gasteiger partial charge >= 0.3 is 5.69 Å². The SMILES string of the molecule is O=[N+]([O-])c1cc(C(O)C(O)CCS)cnc1Cl. The van der Waals surface area contributed by atoms with Gasteiger partial charge in [0.25, 0.3) is 0 Å². The lowest BCUT2D eigenvalue weighted by Gasteiger charge is -2.16. The summed E-state index contributed by atoms with van der Waals surface area (Å²) in [5.74, 6) is 0.390. The largest absolute Gasteiger partial charge is 0.390 e. The highest BCUT2D eigenvalue weighted by atomic mass is 35.5. The molecule has 1 heterocycles. The number of thiol groups is 1. The fourth-order valence-electron chi connectivity index (χ4n) is 1.25. The Balaban J connectivity index is 2.99. The molecule has 0 aromatic carbocycles. The first-order valence-corrected chi connectivity index (χ1v) is 5.75. The van der Waals surface area contributed by atoms with E-state index in [9.17, 15) is 20.3 Å². The number of halogens is 1. The average Bonchev–Trinajstić information content (AvgIpc) is 2.28. The Morgan fingerprint density at radius 1 is 1.59 bits per heavy atom. The van der Waals surface area contributed by atoms with E-state index in [0.29, 0.717) is 5.75 Å². The molecule has 8 heteroatoms. The maximum atomic E-state index is 10.6. The van der Waals surface area contributed by atoms with E-state index in [1.807, 2.05) is 0 Å². The van der Waals surface area contributed by atoms with E-state index in [-0.39, 0.29) is 17.1 Å². The van der Waals surface area contributed by atoms with Crippen molar-refractivity contribution in [2.75, 3.05) is 5.75 Å². The van der Waals surface area contributed by atoms with Crippen molar-refractivity contribution in [1.82, 2.24) is 4.98 Å². The summed E-state index contributed by atoms with van der Waals surface area (Å²) < 4.78 is 0. The van der Waals surface area contributed by atoms with Crippen LogP contribution in [0.15, 0.2) is 12.3 Å². The fraction of sp³-hybridized carbons (Fsp3) is 0.444. The third-order valence-electron chi connectivity index (χ3n) is 2.17. The first-order chi connectivity index (χ1) is 7.97. The fourth-order valence-corrected chi connectivity index (χ4v) is 1.69. The van der Waals surface area contributed by atoms with Gasteiger partial charge in [0.05, 0.1) is 11.0 Å². The highest BCUT2D eigenvalue weighted by Gasteiger charge is 2.22. The molecule has 0 amide bonds. The molecule has 0 bridgehead atoms. The van der Waals surface area contributed by atoms with Crippen molar-refractivity contribution in [3.63, 3.8) is 0 Å². The second kappa shape index (κ2) is 6.15. The van der Waals surface area contributed by atoms with Crippen molar-refractivity contribution in [2.24, 2.45) is 0 Å². The lowest BCUT2D eigenvalue weighted by Crippen LogP contribution is -2.19. The number of hydrogen-bond donors (Lipinski definition) is 3. The number of aliphatic hydroxyl groups is 2. The standard InChI is InChI=1S/C9H11ClN2O4S/c10-9-6(12(15)16)3-5(4-11-9)8(14)7(13)1-2-17/h3-4,7-8,13-14,17H,1-2H2. The quantitative estimate of drug-likeness (QED) is 0.327. The minimum atomic E-state index is -1.24. The van der Waals surface area contributed by atoms with Crippen LogP contribution < -0.4 is 0 Å². The molecule has 2 N–H and O–H groups in total. The highest BCUT2D eigenvalue weighted by molar-refractivity contribution is 7.80. The van der Waals surface area contributed by atoms with Crippen molar-refractivity contribution in [1.29, 1.82) is 0 Å². The van der Waals surface area contributed by atoms with Crippen molar-refractivity contribution in [2.45, 2.75) is 18.6 Å². The van der Waals surface area contributed by atoms with Gasteiger partial charge in [0, 0.05) is 17.8 Å². The summed E-state index contributed by atoms with van der Waals surface area (Å²) >= 11 is 9.45. The van der Waals surface area contributed by atoms with Gasteiger partial charge in [-0.3, -0.25) is 10.1 Å². The van der Waals surface area contributed by atoms with Gasteiger partial charge in [0.15, 0.2) is 0 Å². The Kier molecular flexibility index (Phi) is 5.13. The van der Waals surface area contributed by atoms with Gasteiger partial charge in [-0.2, -0.15) is 12.6 Å². The summed E-state index contributed by atoms with van der Waals surface area (Å²) in [6, 6.07) is 1.10. The second-order valence-corrected chi connectivity index (χ2v) is 4.17. The topological polar surface area (TPSA) is 96.5 Å². The van der Waals surface area contributed by atoms with Gasteiger partial charge in [-0.05, 0) is 12.2 Å². The molecule has 0 fully saturated rings. The summed E-state index contributed by atoms with van der Waals surface area (Å²) in [6.07, 6.45) is -0.830. The predicted molar refractivity (Wildman–Crippen MR) is 65.3 cm³/mol. The van der Waals surface area contributed by atoms with Crippen molar-refractivity contribution in [3.05, 3.63) is 33.1 Å². The minimum Gasteiger partial charge on any atom is -0.390 e. The molecule has 0 aliphatic carbocycles. The molecule has 0 aliphatic heterocycles. The number of pyridine rings is 1. The van der Waals surface area contributed by atoms with Crippen LogP contribution in [0, 0.1) is 10.1 Å². The summed E-state index contributed by atoms with van der Waals surface area (Å²) in [7, 11) is 0. The molecule has 6 nitrogen and oxygen atoms in total. The van der Waals surface area contributed by atoms with Gasteiger partial charge in [-0.15, -0.1) is 0 Å². The number of hydrogen-bond acceptors (Lipinski definition) is 6. The third-order valence-corrected chi connectivity index (χ3v) is 2.72. The van der Waals surface area contributed by atoms with Crippen molar-refractivity contribution < 1.29 is 15.1 Å². The van der Waals surface area contributed by atoms with Crippen LogP contribution in [-0.2, 0) is 0 Å². The van der Waals surface area contributed by atoms with E-state index in [2.05, 4.69) is 17.6 Å². The second-order valence-electron chi connectivity index (χ2n) is 3.36. The van der Waals surface area contributed by atoms with Gasteiger partial charge in [0.1, 0.15) is 6.10 Å². The van der Waals surface area contributed by atoms with Crippen molar-refractivity contribution in [3.8, 4) is 0 Å². The molecule has 0 saturated heterocycles. The van der Waals surface area contributed by atoms with E-state index < -0.39 is 22.8 Å². The summed E-state index contributed by atoms with van der Waals surface area (Å²) in [5, 5.41) is 29.6. The molecule has 17 heavy (non-hydrogen) atoms. The Morgan fingerprint density at radius 3 is 2.76 bits per heavy atom. The van der Waals surface area contributed by atoms with Crippen LogP contribution in [0.1, 0.15) is 18.1 Å². The average molecular weight is 279 g/mol. The van der Waals surface area contributed by atoms with Gasteiger partial charge in [-0.1, -0.05) is 11.6 Å². The van der Waals surface area contributed by atoms with E-state index in [0.717, 1.165) is 6.07 Å². The Morgan fingerprint density at radius 2 is 2.24 bits per heavy atom. The molecule has 2 unspecified atom stereocenters. The predicted octanol–water partition coefficient (Wildman–Crippen LogP) is 1.36. The van der Waals surface area contributed by atoms with E-state index in [4.69, 9.17) is 11.6 Å². The number of aliphatic hydroxyl groups excluding tert-OH is 2.